The summed E-state index contributed by atoms with van der Waals surface area (Å²) in [6.45, 7) is 5.35. The van der Waals surface area contributed by atoms with Crippen molar-refractivity contribution in [1.82, 2.24) is 0 Å². The molecule has 0 heterocycles. The highest BCUT2D eigenvalue weighted by atomic mass is 16.5. The molecule has 0 atom stereocenters. The number of hydrogen-bond acceptors (Lipinski definition) is 3. The predicted octanol–water partition coefficient (Wildman–Crippen LogP) is 0.903. The minimum absolute atomic E-state index is 0.0740. The second kappa shape index (κ2) is 6.40. The molecule has 3 N–H and O–H groups in total. The lowest BCUT2D eigenvalue weighted by Crippen LogP contribution is -2.39. The molecule has 0 fully saturated rings. The van der Waals surface area contributed by atoms with Crippen LogP contribution in [0.1, 0.15) is 33.1 Å². The third-order valence-electron chi connectivity index (χ3n) is 2.39. The van der Waals surface area contributed by atoms with Crippen LogP contribution in [0.5, 0.6) is 0 Å². The third kappa shape index (κ3) is 4.70. The Morgan fingerprint density at radius 2 is 1.83 bits per heavy atom. The van der Waals surface area contributed by atoms with Crippen LogP contribution in [0.15, 0.2) is 0 Å². The Hall–Kier alpha value is -0.120. The molecule has 0 aromatic rings. The molecule has 3 heteroatoms. The van der Waals surface area contributed by atoms with Crippen LogP contribution in [-0.4, -0.2) is 30.5 Å². The monoisotopic (exact) mass is 175 g/mol. The number of aliphatic hydroxyl groups is 1. The molecule has 0 aromatic carbocycles. The van der Waals surface area contributed by atoms with Gasteiger partial charge in [0, 0.05) is 12.1 Å². The molecule has 0 bridgehead atoms. The highest BCUT2D eigenvalue weighted by molar-refractivity contribution is 4.80. The zero-order chi connectivity index (χ0) is 9.45. The Morgan fingerprint density at radius 3 is 2.25 bits per heavy atom. The van der Waals surface area contributed by atoms with Crippen molar-refractivity contribution in [3.8, 4) is 0 Å². The molecule has 0 aliphatic rings. The summed E-state index contributed by atoms with van der Waals surface area (Å²) in [6, 6.07) is 0. The number of hydrogen-bond donors (Lipinski definition) is 2. The van der Waals surface area contributed by atoms with E-state index in [1.165, 1.54) is 0 Å². The SMILES string of the molecule is CCC(N)(CC)CCOCCO. The maximum Gasteiger partial charge on any atom is 0.0697 e. The topological polar surface area (TPSA) is 55.5 Å². The molecule has 0 aliphatic heterocycles. The van der Waals surface area contributed by atoms with Crippen LogP contribution >= 0.6 is 0 Å². The van der Waals surface area contributed by atoms with Crippen LogP contribution in [0.2, 0.25) is 0 Å². The molecule has 0 spiro atoms. The van der Waals surface area contributed by atoms with Crippen molar-refractivity contribution in [1.29, 1.82) is 0 Å². The standard InChI is InChI=1S/C9H21NO2/c1-3-9(10,4-2)5-7-12-8-6-11/h11H,3-8,10H2,1-2H3. The van der Waals surface area contributed by atoms with Crippen LogP contribution in [0.3, 0.4) is 0 Å². The Balaban J connectivity index is 3.45. The fourth-order valence-corrected chi connectivity index (χ4v) is 1.05. The molecular weight excluding hydrogens is 154 g/mol. The molecule has 74 valence electrons. The van der Waals surface area contributed by atoms with Crippen LogP contribution in [0.25, 0.3) is 0 Å². The van der Waals surface area contributed by atoms with Crippen LogP contribution in [0.4, 0.5) is 0 Å². The van der Waals surface area contributed by atoms with Gasteiger partial charge in [-0.3, -0.25) is 0 Å². The van der Waals surface area contributed by atoms with Gasteiger partial charge in [-0.05, 0) is 19.3 Å². The van der Waals surface area contributed by atoms with E-state index in [1.807, 2.05) is 0 Å². The van der Waals surface area contributed by atoms with Gasteiger partial charge in [0.2, 0.25) is 0 Å². The number of ether oxygens (including phenoxy) is 1. The van der Waals surface area contributed by atoms with Gasteiger partial charge < -0.3 is 15.6 Å². The van der Waals surface area contributed by atoms with Crippen molar-refractivity contribution in [2.45, 2.75) is 38.6 Å². The molecule has 0 aromatic heterocycles. The lowest BCUT2D eigenvalue weighted by Gasteiger charge is -2.26. The molecule has 0 amide bonds. The largest absolute Gasteiger partial charge is 0.394 e. The quantitative estimate of drug-likeness (QED) is 0.565. The van der Waals surface area contributed by atoms with E-state index in [4.69, 9.17) is 15.6 Å². The molecular formula is C9H21NO2. The van der Waals surface area contributed by atoms with Crippen molar-refractivity contribution in [2.75, 3.05) is 19.8 Å². The van der Waals surface area contributed by atoms with Crippen LogP contribution in [-0.2, 0) is 4.74 Å². The van der Waals surface area contributed by atoms with Gasteiger partial charge in [-0.1, -0.05) is 13.8 Å². The zero-order valence-electron chi connectivity index (χ0n) is 8.18. The van der Waals surface area contributed by atoms with Gasteiger partial charge in [-0.2, -0.15) is 0 Å². The molecule has 0 saturated carbocycles. The van der Waals surface area contributed by atoms with Gasteiger partial charge in [-0.25, -0.2) is 0 Å². The smallest absolute Gasteiger partial charge is 0.0697 e. The maximum absolute atomic E-state index is 8.45. The first-order valence-corrected chi connectivity index (χ1v) is 4.66. The van der Waals surface area contributed by atoms with Crippen LogP contribution < -0.4 is 5.73 Å². The van der Waals surface area contributed by atoms with E-state index >= 15 is 0 Å². The van der Waals surface area contributed by atoms with Gasteiger partial charge in [0.1, 0.15) is 0 Å². The van der Waals surface area contributed by atoms with E-state index in [1.54, 1.807) is 0 Å². The Morgan fingerprint density at radius 1 is 1.25 bits per heavy atom. The Labute approximate surface area is 74.9 Å². The van der Waals surface area contributed by atoms with Gasteiger partial charge in [0.05, 0.1) is 13.2 Å². The maximum atomic E-state index is 8.45. The number of nitrogens with two attached hydrogens (primary N) is 1. The van der Waals surface area contributed by atoms with Crippen molar-refractivity contribution < 1.29 is 9.84 Å². The van der Waals surface area contributed by atoms with Gasteiger partial charge in [-0.15, -0.1) is 0 Å². The van der Waals surface area contributed by atoms with Gasteiger partial charge >= 0.3 is 0 Å². The van der Waals surface area contributed by atoms with Crippen LogP contribution in [0, 0.1) is 0 Å². The second-order valence-electron chi connectivity index (χ2n) is 3.16. The predicted molar refractivity (Wildman–Crippen MR) is 50.0 cm³/mol. The number of rotatable bonds is 7. The fraction of sp³-hybridized carbons (Fsp3) is 1.00. The molecule has 12 heavy (non-hydrogen) atoms. The van der Waals surface area contributed by atoms with E-state index in [0.29, 0.717) is 13.2 Å². The Bertz CT molecular complexity index is 103. The molecule has 0 unspecified atom stereocenters. The molecule has 0 radical (unpaired) electrons. The average molecular weight is 175 g/mol. The summed E-state index contributed by atoms with van der Waals surface area (Å²) in [5.74, 6) is 0. The highest BCUT2D eigenvalue weighted by Gasteiger charge is 2.19. The minimum Gasteiger partial charge on any atom is -0.394 e. The first-order valence-electron chi connectivity index (χ1n) is 4.66. The summed E-state index contributed by atoms with van der Waals surface area (Å²) in [5, 5.41) is 8.45. The zero-order valence-corrected chi connectivity index (χ0v) is 8.18. The molecule has 0 rings (SSSR count). The molecule has 0 aliphatic carbocycles. The first kappa shape index (κ1) is 11.9. The third-order valence-corrected chi connectivity index (χ3v) is 2.39. The summed E-state index contributed by atoms with van der Waals surface area (Å²) in [7, 11) is 0. The van der Waals surface area contributed by atoms with E-state index in [0.717, 1.165) is 19.3 Å². The highest BCUT2D eigenvalue weighted by Crippen LogP contribution is 2.15. The summed E-state index contributed by atoms with van der Waals surface area (Å²) in [4.78, 5) is 0. The van der Waals surface area contributed by atoms with Gasteiger partial charge in [0.15, 0.2) is 0 Å². The minimum atomic E-state index is -0.0740. The van der Waals surface area contributed by atoms with Crippen molar-refractivity contribution in [3.63, 3.8) is 0 Å². The van der Waals surface area contributed by atoms with Crippen molar-refractivity contribution in [3.05, 3.63) is 0 Å². The van der Waals surface area contributed by atoms with E-state index in [-0.39, 0.29) is 12.1 Å². The lowest BCUT2D eigenvalue weighted by molar-refractivity contribution is 0.0783. The lowest BCUT2D eigenvalue weighted by atomic mass is 9.91. The second-order valence-corrected chi connectivity index (χ2v) is 3.16. The number of aliphatic hydroxyl groups excluding tert-OH is 1. The fourth-order valence-electron chi connectivity index (χ4n) is 1.05. The molecule has 0 saturated heterocycles. The summed E-state index contributed by atoms with van der Waals surface area (Å²) in [5.41, 5.74) is 5.96. The molecule has 3 nitrogen and oxygen atoms in total. The van der Waals surface area contributed by atoms with Crippen molar-refractivity contribution in [2.24, 2.45) is 5.73 Å². The van der Waals surface area contributed by atoms with E-state index in [2.05, 4.69) is 13.8 Å². The first-order chi connectivity index (χ1) is 5.68. The summed E-state index contributed by atoms with van der Waals surface area (Å²) in [6.07, 6.45) is 2.83. The van der Waals surface area contributed by atoms with Crippen molar-refractivity contribution >= 4 is 0 Å². The average Bonchev–Trinajstić information content (AvgIpc) is 2.12. The summed E-state index contributed by atoms with van der Waals surface area (Å²) < 4.78 is 5.15. The van der Waals surface area contributed by atoms with E-state index in [9.17, 15) is 0 Å². The summed E-state index contributed by atoms with van der Waals surface area (Å²) >= 11 is 0. The van der Waals surface area contributed by atoms with E-state index < -0.39 is 0 Å². The normalized spacial score (nSPS) is 12.0. The Kier molecular flexibility index (Phi) is 6.34. The van der Waals surface area contributed by atoms with Gasteiger partial charge in [0.25, 0.3) is 0 Å².